The van der Waals surface area contributed by atoms with Gasteiger partial charge in [-0.15, -0.1) is 0 Å². The van der Waals surface area contributed by atoms with Crippen molar-refractivity contribution in [1.82, 2.24) is 14.8 Å². The lowest BCUT2D eigenvalue weighted by molar-refractivity contribution is 0.0703. The molecule has 2 aromatic rings. The Hall–Kier alpha value is -2.14. The van der Waals surface area contributed by atoms with Gasteiger partial charge in [0, 0.05) is 25.0 Å². The SMILES string of the molecule is Cc1occc1C(=O)N1CC[C@@H](N(C)C)[C@@H]1Cc1ccncc1. The van der Waals surface area contributed by atoms with Crippen LogP contribution in [0, 0.1) is 6.92 Å². The summed E-state index contributed by atoms with van der Waals surface area (Å²) in [5.41, 5.74) is 1.88. The van der Waals surface area contributed by atoms with Gasteiger partial charge in [0.25, 0.3) is 5.91 Å². The Kier molecular flexibility index (Phi) is 4.48. The summed E-state index contributed by atoms with van der Waals surface area (Å²) in [5, 5.41) is 0. The quantitative estimate of drug-likeness (QED) is 0.869. The van der Waals surface area contributed by atoms with Gasteiger partial charge in [0.15, 0.2) is 0 Å². The van der Waals surface area contributed by atoms with Crippen LogP contribution in [0.5, 0.6) is 0 Å². The second kappa shape index (κ2) is 6.54. The summed E-state index contributed by atoms with van der Waals surface area (Å²) in [5.74, 6) is 0.755. The highest BCUT2D eigenvalue weighted by Gasteiger charge is 2.39. The number of rotatable bonds is 4. The van der Waals surface area contributed by atoms with Gasteiger partial charge in [-0.1, -0.05) is 0 Å². The maximum absolute atomic E-state index is 12.9. The zero-order valence-electron chi connectivity index (χ0n) is 13.9. The molecular weight excluding hydrogens is 290 g/mol. The van der Waals surface area contributed by atoms with Crippen molar-refractivity contribution in [2.24, 2.45) is 0 Å². The van der Waals surface area contributed by atoms with E-state index in [1.165, 1.54) is 5.56 Å². The maximum atomic E-state index is 12.9. The van der Waals surface area contributed by atoms with Crippen LogP contribution in [0.15, 0.2) is 41.3 Å². The molecule has 3 heterocycles. The molecule has 1 saturated heterocycles. The smallest absolute Gasteiger partial charge is 0.257 e. The van der Waals surface area contributed by atoms with Crippen molar-refractivity contribution in [3.63, 3.8) is 0 Å². The number of pyridine rings is 1. The minimum Gasteiger partial charge on any atom is -0.469 e. The van der Waals surface area contributed by atoms with Gasteiger partial charge < -0.3 is 14.2 Å². The Balaban J connectivity index is 1.86. The fourth-order valence-electron chi connectivity index (χ4n) is 3.46. The van der Waals surface area contributed by atoms with Gasteiger partial charge in [-0.2, -0.15) is 0 Å². The van der Waals surface area contributed by atoms with Crippen LogP contribution in [-0.2, 0) is 6.42 Å². The molecule has 0 unspecified atom stereocenters. The maximum Gasteiger partial charge on any atom is 0.257 e. The summed E-state index contributed by atoms with van der Waals surface area (Å²) in [6, 6.07) is 6.34. The first kappa shape index (κ1) is 15.7. The molecule has 0 aromatic carbocycles. The Morgan fingerprint density at radius 3 is 2.70 bits per heavy atom. The van der Waals surface area contributed by atoms with Crippen molar-refractivity contribution in [2.45, 2.75) is 31.8 Å². The van der Waals surface area contributed by atoms with Gasteiger partial charge in [-0.05, 0) is 57.6 Å². The summed E-state index contributed by atoms with van der Waals surface area (Å²) in [7, 11) is 4.17. The van der Waals surface area contributed by atoms with Crippen molar-refractivity contribution >= 4 is 5.91 Å². The van der Waals surface area contributed by atoms with Crippen molar-refractivity contribution < 1.29 is 9.21 Å². The lowest BCUT2D eigenvalue weighted by atomic mass is 9.99. The molecule has 0 saturated carbocycles. The topological polar surface area (TPSA) is 49.6 Å². The number of amides is 1. The number of likely N-dealkylation sites (N-methyl/N-ethyl adjacent to an activating group) is 1. The molecule has 5 heteroatoms. The van der Waals surface area contributed by atoms with E-state index < -0.39 is 0 Å². The minimum absolute atomic E-state index is 0.0691. The standard InChI is InChI=1S/C18H23N3O2/c1-13-15(7-11-23-13)18(22)21-10-6-16(20(2)3)17(21)12-14-4-8-19-9-5-14/h4-5,7-9,11,16-17H,6,10,12H2,1-3H3/t16-,17+/m1/s1. The summed E-state index contributed by atoms with van der Waals surface area (Å²) in [4.78, 5) is 21.2. The molecule has 23 heavy (non-hydrogen) atoms. The molecule has 0 bridgehead atoms. The number of aromatic nitrogens is 1. The van der Waals surface area contributed by atoms with Gasteiger partial charge in [0.2, 0.25) is 0 Å². The zero-order valence-corrected chi connectivity index (χ0v) is 13.9. The van der Waals surface area contributed by atoms with Crippen LogP contribution in [0.3, 0.4) is 0 Å². The van der Waals surface area contributed by atoms with Crippen LogP contribution in [0.4, 0.5) is 0 Å². The van der Waals surface area contributed by atoms with E-state index in [0.717, 1.165) is 19.4 Å². The van der Waals surface area contributed by atoms with Gasteiger partial charge in [-0.3, -0.25) is 9.78 Å². The second-order valence-electron chi connectivity index (χ2n) is 6.34. The van der Waals surface area contributed by atoms with E-state index in [1.54, 1.807) is 24.7 Å². The van der Waals surface area contributed by atoms with Gasteiger partial charge >= 0.3 is 0 Å². The molecule has 1 fully saturated rings. The molecule has 0 radical (unpaired) electrons. The summed E-state index contributed by atoms with van der Waals surface area (Å²) in [6.07, 6.45) is 7.03. The van der Waals surface area contributed by atoms with Gasteiger partial charge in [0.05, 0.1) is 17.9 Å². The van der Waals surface area contributed by atoms with Gasteiger partial charge in [0.1, 0.15) is 5.76 Å². The number of carbonyl (C=O) groups is 1. The Labute approximate surface area is 136 Å². The van der Waals surface area contributed by atoms with Crippen LogP contribution in [-0.4, -0.2) is 53.4 Å². The lowest BCUT2D eigenvalue weighted by Gasteiger charge is -2.31. The number of nitrogens with zero attached hydrogens (tertiary/aromatic N) is 3. The number of furan rings is 1. The first-order chi connectivity index (χ1) is 11.1. The highest BCUT2D eigenvalue weighted by atomic mass is 16.3. The number of aryl methyl sites for hydroxylation is 1. The molecule has 0 N–H and O–H groups in total. The van der Waals surface area contributed by atoms with Crippen LogP contribution < -0.4 is 0 Å². The normalized spacial score (nSPS) is 21.1. The molecule has 2 atom stereocenters. The third-order valence-electron chi connectivity index (χ3n) is 4.72. The summed E-state index contributed by atoms with van der Waals surface area (Å²) >= 11 is 0. The zero-order chi connectivity index (χ0) is 16.4. The Bertz CT molecular complexity index is 666. The van der Waals surface area contributed by atoms with E-state index in [9.17, 15) is 4.79 Å². The van der Waals surface area contributed by atoms with E-state index in [-0.39, 0.29) is 11.9 Å². The number of carbonyl (C=O) groups excluding carboxylic acids is 1. The predicted octanol–water partition coefficient (Wildman–Crippen LogP) is 2.37. The van der Waals surface area contributed by atoms with Crippen LogP contribution in [0.1, 0.15) is 28.1 Å². The predicted molar refractivity (Wildman–Crippen MR) is 88.3 cm³/mol. The molecule has 2 aromatic heterocycles. The van der Waals surface area contributed by atoms with Gasteiger partial charge in [-0.25, -0.2) is 0 Å². The molecule has 5 nitrogen and oxygen atoms in total. The summed E-state index contributed by atoms with van der Waals surface area (Å²) < 4.78 is 5.31. The third kappa shape index (κ3) is 3.15. The van der Waals surface area contributed by atoms with Crippen molar-refractivity contribution in [3.05, 3.63) is 53.7 Å². The second-order valence-corrected chi connectivity index (χ2v) is 6.34. The average Bonchev–Trinajstić information content (AvgIpc) is 3.14. The first-order valence-electron chi connectivity index (χ1n) is 7.98. The average molecular weight is 313 g/mol. The van der Waals surface area contributed by atoms with E-state index in [4.69, 9.17) is 4.42 Å². The molecule has 122 valence electrons. The Morgan fingerprint density at radius 2 is 2.09 bits per heavy atom. The van der Waals surface area contributed by atoms with Crippen molar-refractivity contribution in [2.75, 3.05) is 20.6 Å². The van der Waals surface area contributed by atoms with E-state index in [2.05, 4.69) is 24.0 Å². The summed E-state index contributed by atoms with van der Waals surface area (Å²) in [6.45, 7) is 2.62. The molecule has 0 aliphatic carbocycles. The van der Waals surface area contributed by atoms with E-state index in [0.29, 0.717) is 17.4 Å². The molecule has 1 aliphatic heterocycles. The number of hydrogen-bond acceptors (Lipinski definition) is 4. The van der Waals surface area contributed by atoms with E-state index >= 15 is 0 Å². The highest BCUT2D eigenvalue weighted by Crippen LogP contribution is 2.27. The van der Waals surface area contributed by atoms with Crippen LogP contribution in [0.25, 0.3) is 0 Å². The number of likely N-dealkylation sites (tertiary alicyclic amines) is 1. The highest BCUT2D eigenvalue weighted by molar-refractivity contribution is 5.95. The molecular formula is C18H23N3O2. The molecule has 3 rings (SSSR count). The lowest BCUT2D eigenvalue weighted by Crippen LogP contribution is -2.45. The minimum atomic E-state index is 0.0691. The number of hydrogen-bond donors (Lipinski definition) is 0. The fraction of sp³-hybridized carbons (Fsp3) is 0.444. The first-order valence-corrected chi connectivity index (χ1v) is 7.98. The Morgan fingerprint density at radius 1 is 1.35 bits per heavy atom. The fourth-order valence-corrected chi connectivity index (χ4v) is 3.46. The van der Waals surface area contributed by atoms with Crippen LogP contribution in [0.2, 0.25) is 0 Å². The third-order valence-corrected chi connectivity index (χ3v) is 4.72. The largest absolute Gasteiger partial charge is 0.469 e. The van der Waals surface area contributed by atoms with Crippen LogP contribution >= 0.6 is 0 Å². The monoisotopic (exact) mass is 313 g/mol. The van der Waals surface area contributed by atoms with E-state index in [1.807, 2.05) is 24.0 Å². The van der Waals surface area contributed by atoms with Crippen molar-refractivity contribution in [3.8, 4) is 0 Å². The molecule has 1 aliphatic rings. The van der Waals surface area contributed by atoms with Crippen molar-refractivity contribution in [1.29, 1.82) is 0 Å². The molecule has 0 spiro atoms. The molecule has 1 amide bonds.